The van der Waals surface area contributed by atoms with Crippen LogP contribution < -0.4 is 0 Å². The number of likely N-dealkylation sites (tertiary alicyclic amines) is 1. The van der Waals surface area contributed by atoms with E-state index in [0.29, 0.717) is 13.2 Å². The van der Waals surface area contributed by atoms with Crippen molar-refractivity contribution in [3.05, 3.63) is 35.9 Å². The Morgan fingerprint density at radius 2 is 2.11 bits per heavy atom. The van der Waals surface area contributed by atoms with Gasteiger partial charge in [-0.25, -0.2) is 0 Å². The number of ether oxygens (including phenoxy) is 1. The Hall–Kier alpha value is -1.84. The van der Waals surface area contributed by atoms with Crippen molar-refractivity contribution in [2.45, 2.75) is 25.7 Å². The summed E-state index contributed by atoms with van der Waals surface area (Å²) < 4.78 is 4.90. The molecule has 2 rings (SSSR count). The van der Waals surface area contributed by atoms with Gasteiger partial charge in [-0.3, -0.25) is 9.59 Å². The van der Waals surface area contributed by atoms with Crippen molar-refractivity contribution < 1.29 is 14.3 Å². The fraction of sp³-hybridized carbons (Fsp3) is 0.467. The summed E-state index contributed by atoms with van der Waals surface area (Å²) in [6.07, 6.45) is 1.77. The summed E-state index contributed by atoms with van der Waals surface area (Å²) in [7, 11) is 0. The molecule has 1 atom stereocenters. The molecular weight excluding hydrogens is 242 g/mol. The lowest BCUT2D eigenvalue weighted by Crippen LogP contribution is -2.43. The zero-order chi connectivity index (χ0) is 13.7. The number of esters is 1. The van der Waals surface area contributed by atoms with Gasteiger partial charge in [0.25, 0.3) is 0 Å². The highest BCUT2D eigenvalue weighted by atomic mass is 16.5. The average molecular weight is 261 g/mol. The maximum atomic E-state index is 12.4. The highest BCUT2D eigenvalue weighted by Crippen LogP contribution is 2.27. The molecule has 19 heavy (non-hydrogen) atoms. The smallest absolute Gasteiger partial charge is 0.325 e. The molecule has 1 saturated heterocycles. The normalized spacial score (nSPS) is 19.3. The minimum absolute atomic E-state index is 0.0329. The molecule has 0 bridgehead atoms. The number of nitrogens with zero attached hydrogens (tertiary/aromatic N) is 1. The van der Waals surface area contributed by atoms with Gasteiger partial charge in [-0.15, -0.1) is 0 Å². The Morgan fingerprint density at radius 1 is 1.37 bits per heavy atom. The number of benzene rings is 1. The van der Waals surface area contributed by atoms with E-state index in [1.54, 1.807) is 11.8 Å². The maximum absolute atomic E-state index is 12.4. The molecule has 0 spiro atoms. The van der Waals surface area contributed by atoms with Crippen LogP contribution >= 0.6 is 0 Å². The van der Waals surface area contributed by atoms with E-state index in [2.05, 4.69) is 0 Å². The van der Waals surface area contributed by atoms with Gasteiger partial charge >= 0.3 is 5.97 Å². The van der Waals surface area contributed by atoms with E-state index in [1.165, 1.54) is 0 Å². The second-order valence-electron chi connectivity index (χ2n) is 4.67. The third-order valence-corrected chi connectivity index (χ3v) is 3.36. The molecule has 0 saturated carbocycles. The number of hydrogen-bond acceptors (Lipinski definition) is 3. The molecule has 1 aliphatic heterocycles. The molecule has 1 heterocycles. The first-order chi connectivity index (χ1) is 9.22. The van der Waals surface area contributed by atoms with Crippen LogP contribution in [-0.4, -0.2) is 36.5 Å². The Labute approximate surface area is 113 Å². The first-order valence-electron chi connectivity index (χ1n) is 6.71. The third-order valence-electron chi connectivity index (χ3n) is 3.36. The largest absolute Gasteiger partial charge is 0.465 e. The van der Waals surface area contributed by atoms with Crippen LogP contribution in [-0.2, 0) is 14.3 Å². The Morgan fingerprint density at radius 3 is 2.79 bits per heavy atom. The fourth-order valence-corrected chi connectivity index (χ4v) is 2.45. The molecule has 1 aromatic rings. The molecular formula is C15H19NO3. The lowest BCUT2D eigenvalue weighted by molar-refractivity contribution is -0.150. The number of rotatable bonds is 4. The first kappa shape index (κ1) is 13.6. The van der Waals surface area contributed by atoms with Crippen LogP contribution in [0.25, 0.3) is 0 Å². The third kappa shape index (κ3) is 3.34. The van der Waals surface area contributed by atoms with Crippen molar-refractivity contribution in [3.8, 4) is 0 Å². The number of piperidine rings is 1. The second kappa shape index (κ2) is 6.36. The van der Waals surface area contributed by atoms with Crippen molar-refractivity contribution >= 4 is 11.9 Å². The van der Waals surface area contributed by atoms with Crippen molar-refractivity contribution in [1.29, 1.82) is 0 Å². The Balaban J connectivity index is 2.04. The van der Waals surface area contributed by atoms with Crippen LogP contribution in [0.2, 0.25) is 0 Å². The van der Waals surface area contributed by atoms with Gasteiger partial charge in [-0.1, -0.05) is 30.3 Å². The minimum atomic E-state index is -0.329. The van der Waals surface area contributed by atoms with Crippen LogP contribution in [0.1, 0.15) is 31.2 Å². The molecule has 0 radical (unpaired) electrons. The topological polar surface area (TPSA) is 46.6 Å². The van der Waals surface area contributed by atoms with E-state index >= 15 is 0 Å². The molecule has 4 nitrogen and oxygen atoms in total. The van der Waals surface area contributed by atoms with Crippen LogP contribution in [0.15, 0.2) is 30.3 Å². The van der Waals surface area contributed by atoms with Gasteiger partial charge in [0.15, 0.2) is 0 Å². The van der Waals surface area contributed by atoms with Crippen molar-refractivity contribution in [2.75, 3.05) is 19.7 Å². The van der Waals surface area contributed by atoms with Gasteiger partial charge in [-0.05, 0) is 25.3 Å². The van der Waals surface area contributed by atoms with E-state index in [4.69, 9.17) is 4.74 Å². The average Bonchev–Trinajstić information content (AvgIpc) is 2.42. The quantitative estimate of drug-likeness (QED) is 0.778. The maximum Gasteiger partial charge on any atom is 0.325 e. The first-order valence-corrected chi connectivity index (χ1v) is 6.71. The summed E-state index contributed by atoms with van der Waals surface area (Å²) in [6.45, 7) is 2.82. The van der Waals surface area contributed by atoms with E-state index in [-0.39, 0.29) is 24.3 Å². The number of hydrogen-bond donors (Lipinski definition) is 0. The minimum Gasteiger partial charge on any atom is -0.465 e. The molecule has 4 heteroatoms. The monoisotopic (exact) mass is 261 g/mol. The lowest BCUT2D eigenvalue weighted by Gasteiger charge is -2.31. The highest BCUT2D eigenvalue weighted by molar-refractivity contribution is 5.87. The van der Waals surface area contributed by atoms with Gasteiger partial charge in [-0.2, -0.15) is 0 Å². The highest BCUT2D eigenvalue weighted by Gasteiger charge is 2.30. The summed E-state index contributed by atoms with van der Waals surface area (Å²) in [5.41, 5.74) is 1.03. The molecule has 1 fully saturated rings. The Bertz CT molecular complexity index is 444. The molecule has 102 valence electrons. The summed E-state index contributed by atoms with van der Waals surface area (Å²) in [5, 5.41) is 0. The Kier molecular flexibility index (Phi) is 4.55. The zero-order valence-electron chi connectivity index (χ0n) is 11.2. The molecule has 1 aliphatic rings. The summed E-state index contributed by atoms with van der Waals surface area (Å²) >= 11 is 0. The standard InChI is InChI=1S/C15H19NO3/c1-2-19-14(17)11-16-10-6-9-13(15(16)18)12-7-4-3-5-8-12/h3-5,7-8,13H,2,6,9-11H2,1H3. The molecule has 1 unspecified atom stereocenters. The van der Waals surface area contributed by atoms with E-state index in [1.807, 2.05) is 30.3 Å². The summed E-state index contributed by atoms with van der Waals surface area (Å²) in [5.74, 6) is -0.417. The SMILES string of the molecule is CCOC(=O)CN1CCCC(c2ccccc2)C1=O. The van der Waals surface area contributed by atoms with Crippen LogP contribution in [0, 0.1) is 0 Å². The van der Waals surface area contributed by atoms with Gasteiger partial charge < -0.3 is 9.64 Å². The van der Waals surface area contributed by atoms with E-state index in [9.17, 15) is 9.59 Å². The summed E-state index contributed by atoms with van der Waals surface area (Å²) in [4.78, 5) is 25.5. The van der Waals surface area contributed by atoms with Gasteiger partial charge in [0.1, 0.15) is 6.54 Å². The zero-order valence-corrected chi connectivity index (χ0v) is 11.2. The van der Waals surface area contributed by atoms with Crippen molar-refractivity contribution in [2.24, 2.45) is 0 Å². The summed E-state index contributed by atoms with van der Waals surface area (Å²) in [6, 6.07) is 9.75. The number of carbonyl (C=O) groups is 2. The van der Waals surface area contributed by atoms with Gasteiger partial charge in [0, 0.05) is 6.54 Å². The lowest BCUT2D eigenvalue weighted by atomic mass is 9.90. The van der Waals surface area contributed by atoms with E-state index in [0.717, 1.165) is 18.4 Å². The molecule has 0 aliphatic carbocycles. The molecule has 0 N–H and O–H groups in total. The van der Waals surface area contributed by atoms with Gasteiger partial charge in [0.05, 0.1) is 12.5 Å². The predicted molar refractivity (Wildman–Crippen MR) is 71.6 cm³/mol. The second-order valence-corrected chi connectivity index (χ2v) is 4.67. The van der Waals surface area contributed by atoms with E-state index < -0.39 is 0 Å². The van der Waals surface area contributed by atoms with Crippen LogP contribution in [0.5, 0.6) is 0 Å². The number of amides is 1. The predicted octanol–water partition coefficient (Wildman–Crippen LogP) is 1.96. The molecule has 0 aromatic heterocycles. The fourth-order valence-electron chi connectivity index (χ4n) is 2.45. The van der Waals surface area contributed by atoms with Gasteiger partial charge in [0.2, 0.25) is 5.91 Å². The van der Waals surface area contributed by atoms with Crippen LogP contribution in [0.3, 0.4) is 0 Å². The van der Waals surface area contributed by atoms with Crippen molar-refractivity contribution in [1.82, 2.24) is 4.90 Å². The van der Waals surface area contributed by atoms with Crippen molar-refractivity contribution in [3.63, 3.8) is 0 Å². The van der Waals surface area contributed by atoms with Crippen LogP contribution in [0.4, 0.5) is 0 Å². The molecule has 1 amide bonds. The molecule has 1 aromatic carbocycles. The number of carbonyl (C=O) groups excluding carboxylic acids is 2.